The van der Waals surface area contributed by atoms with Crippen LogP contribution >= 0.6 is 0 Å². The van der Waals surface area contributed by atoms with Gasteiger partial charge in [0.25, 0.3) is 0 Å². The summed E-state index contributed by atoms with van der Waals surface area (Å²) in [7, 11) is 0. The highest BCUT2D eigenvalue weighted by Gasteiger charge is 2.15. The lowest BCUT2D eigenvalue weighted by Gasteiger charge is -2.21. The van der Waals surface area contributed by atoms with Crippen LogP contribution in [-0.4, -0.2) is 35.6 Å². The fraction of sp³-hybridized carbons (Fsp3) is 0.429. The summed E-state index contributed by atoms with van der Waals surface area (Å²) in [5.74, 6) is -1.27. The maximum absolute atomic E-state index is 10.8. The zero-order chi connectivity index (χ0) is 13.4. The van der Waals surface area contributed by atoms with Crippen molar-refractivity contribution in [2.45, 2.75) is 13.3 Å². The fourth-order valence-corrected chi connectivity index (χ4v) is 1.73. The molecule has 0 heterocycles. The maximum Gasteiger partial charge on any atom is 0.307 e. The topological polar surface area (TPSA) is 64.3 Å². The average Bonchev–Trinajstić information content (AvgIpc) is 2.37. The Morgan fingerprint density at radius 3 is 2.67 bits per heavy atom. The van der Waals surface area contributed by atoms with Crippen LogP contribution in [0.3, 0.4) is 0 Å². The molecule has 0 amide bonds. The first-order valence-corrected chi connectivity index (χ1v) is 5.99. The molecule has 4 nitrogen and oxygen atoms in total. The lowest BCUT2D eigenvalue weighted by Crippen LogP contribution is -2.33. The van der Waals surface area contributed by atoms with E-state index in [4.69, 9.17) is 10.4 Å². The molecule has 4 heteroatoms. The molecule has 0 aliphatic heterocycles. The summed E-state index contributed by atoms with van der Waals surface area (Å²) < 4.78 is 0. The zero-order valence-corrected chi connectivity index (χ0v) is 10.5. The minimum absolute atomic E-state index is 0.268. The Labute approximate surface area is 107 Å². The van der Waals surface area contributed by atoms with Crippen LogP contribution in [0.2, 0.25) is 0 Å². The van der Waals surface area contributed by atoms with Gasteiger partial charge in [0.05, 0.1) is 18.5 Å². The number of aliphatic carboxylic acids is 1. The lowest BCUT2D eigenvalue weighted by atomic mass is 10.1. The Kier molecular flexibility index (Phi) is 5.89. The van der Waals surface area contributed by atoms with Gasteiger partial charge in [0.1, 0.15) is 0 Å². The van der Waals surface area contributed by atoms with E-state index < -0.39 is 11.9 Å². The number of benzene rings is 1. The van der Waals surface area contributed by atoms with Gasteiger partial charge in [-0.3, -0.25) is 9.69 Å². The second-order valence-corrected chi connectivity index (χ2v) is 4.37. The van der Waals surface area contributed by atoms with Crippen molar-refractivity contribution in [2.24, 2.45) is 5.92 Å². The van der Waals surface area contributed by atoms with Gasteiger partial charge >= 0.3 is 5.97 Å². The SMILES string of the molecule is CC(CN(CC#N)CCc1ccccc1)C(=O)O. The highest BCUT2D eigenvalue weighted by atomic mass is 16.4. The summed E-state index contributed by atoms with van der Waals surface area (Å²) in [5, 5.41) is 17.6. The molecular formula is C14H18N2O2. The predicted molar refractivity (Wildman–Crippen MR) is 69.0 cm³/mol. The van der Waals surface area contributed by atoms with Crippen molar-refractivity contribution in [3.05, 3.63) is 35.9 Å². The first-order valence-electron chi connectivity index (χ1n) is 5.99. The van der Waals surface area contributed by atoms with E-state index in [0.717, 1.165) is 6.42 Å². The molecule has 1 aromatic rings. The third-order valence-electron chi connectivity index (χ3n) is 2.81. The summed E-state index contributed by atoms with van der Waals surface area (Å²) >= 11 is 0. The van der Waals surface area contributed by atoms with Gasteiger partial charge in [0, 0.05) is 13.1 Å². The van der Waals surface area contributed by atoms with E-state index in [-0.39, 0.29) is 6.54 Å². The van der Waals surface area contributed by atoms with Gasteiger partial charge in [-0.15, -0.1) is 0 Å². The lowest BCUT2D eigenvalue weighted by molar-refractivity contribution is -0.141. The highest BCUT2D eigenvalue weighted by Crippen LogP contribution is 2.04. The summed E-state index contributed by atoms with van der Waals surface area (Å²) in [6.07, 6.45) is 0.828. The van der Waals surface area contributed by atoms with Gasteiger partial charge in [0.2, 0.25) is 0 Å². The number of carboxylic acids is 1. The average molecular weight is 246 g/mol. The number of carboxylic acid groups (broad SMARTS) is 1. The van der Waals surface area contributed by atoms with Crippen molar-refractivity contribution in [1.29, 1.82) is 5.26 Å². The van der Waals surface area contributed by atoms with E-state index in [2.05, 4.69) is 6.07 Å². The summed E-state index contributed by atoms with van der Waals surface area (Å²) in [4.78, 5) is 12.7. The molecular weight excluding hydrogens is 228 g/mol. The Morgan fingerprint density at radius 2 is 2.11 bits per heavy atom. The van der Waals surface area contributed by atoms with Crippen LogP contribution in [-0.2, 0) is 11.2 Å². The molecule has 1 unspecified atom stereocenters. The van der Waals surface area contributed by atoms with Crippen LogP contribution in [0.25, 0.3) is 0 Å². The molecule has 1 aromatic carbocycles. The molecule has 0 fully saturated rings. The number of hydrogen-bond acceptors (Lipinski definition) is 3. The van der Waals surface area contributed by atoms with Crippen LogP contribution in [0.1, 0.15) is 12.5 Å². The molecule has 1 N–H and O–H groups in total. The van der Waals surface area contributed by atoms with Crippen LogP contribution in [0, 0.1) is 17.2 Å². The third-order valence-corrected chi connectivity index (χ3v) is 2.81. The standard InChI is InChI=1S/C14H18N2O2/c1-12(14(17)18)11-16(10-8-15)9-7-13-5-3-2-4-6-13/h2-6,12H,7,9-11H2,1H3,(H,17,18). The van der Waals surface area contributed by atoms with Gasteiger partial charge in [-0.05, 0) is 12.0 Å². The van der Waals surface area contributed by atoms with E-state index in [1.54, 1.807) is 6.92 Å². The van der Waals surface area contributed by atoms with E-state index >= 15 is 0 Å². The van der Waals surface area contributed by atoms with Crippen molar-refractivity contribution in [3.63, 3.8) is 0 Å². The highest BCUT2D eigenvalue weighted by molar-refractivity contribution is 5.69. The Bertz CT molecular complexity index is 412. The number of nitrogens with zero attached hydrogens (tertiary/aromatic N) is 2. The third kappa shape index (κ3) is 4.98. The summed E-state index contributed by atoms with van der Waals surface area (Å²) in [5.41, 5.74) is 1.20. The van der Waals surface area contributed by atoms with Crippen molar-refractivity contribution >= 4 is 5.97 Å². The largest absolute Gasteiger partial charge is 0.481 e. The van der Waals surface area contributed by atoms with Crippen molar-refractivity contribution < 1.29 is 9.90 Å². The normalized spacial score (nSPS) is 12.1. The van der Waals surface area contributed by atoms with E-state index in [1.807, 2.05) is 35.2 Å². The maximum atomic E-state index is 10.8. The van der Waals surface area contributed by atoms with Crippen molar-refractivity contribution in [2.75, 3.05) is 19.6 Å². The van der Waals surface area contributed by atoms with Gasteiger partial charge in [0.15, 0.2) is 0 Å². The minimum atomic E-state index is -0.822. The molecule has 0 saturated carbocycles. The molecule has 96 valence electrons. The quantitative estimate of drug-likeness (QED) is 0.745. The molecule has 1 atom stereocenters. The van der Waals surface area contributed by atoms with Gasteiger partial charge < -0.3 is 5.11 Å². The molecule has 18 heavy (non-hydrogen) atoms. The Hall–Kier alpha value is -1.86. The van der Waals surface area contributed by atoms with E-state index in [1.165, 1.54) is 5.56 Å². The molecule has 1 rings (SSSR count). The molecule has 0 saturated heterocycles. The monoisotopic (exact) mass is 246 g/mol. The zero-order valence-electron chi connectivity index (χ0n) is 10.5. The molecule has 0 aliphatic rings. The second kappa shape index (κ2) is 7.46. The number of hydrogen-bond donors (Lipinski definition) is 1. The molecule has 0 bridgehead atoms. The van der Waals surface area contributed by atoms with Gasteiger partial charge in [-0.2, -0.15) is 5.26 Å². The van der Waals surface area contributed by atoms with E-state index in [9.17, 15) is 4.79 Å². The minimum Gasteiger partial charge on any atom is -0.481 e. The molecule has 0 aromatic heterocycles. The van der Waals surface area contributed by atoms with Crippen LogP contribution in [0.5, 0.6) is 0 Å². The van der Waals surface area contributed by atoms with Gasteiger partial charge in [-0.25, -0.2) is 0 Å². The van der Waals surface area contributed by atoms with Gasteiger partial charge in [-0.1, -0.05) is 37.3 Å². The molecule has 0 radical (unpaired) electrons. The Balaban J connectivity index is 2.48. The predicted octanol–water partition coefficient (Wildman–Crippen LogP) is 1.78. The molecule has 0 spiro atoms. The van der Waals surface area contributed by atoms with Crippen LogP contribution in [0.15, 0.2) is 30.3 Å². The van der Waals surface area contributed by atoms with Crippen LogP contribution < -0.4 is 0 Å². The second-order valence-electron chi connectivity index (χ2n) is 4.37. The fourth-order valence-electron chi connectivity index (χ4n) is 1.73. The number of carbonyl (C=O) groups is 1. The summed E-state index contributed by atoms with van der Waals surface area (Å²) in [6.45, 7) is 3.05. The number of rotatable bonds is 7. The Morgan fingerprint density at radius 1 is 1.44 bits per heavy atom. The van der Waals surface area contributed by atoms with Crippen molar-refractivity contribution in [1.82, 2.24) is 4.90 Å². The van der Waals surface area contributed by atoms with E-state index in [0.29, 0.717) is 13.1 Å². The van der Waals surface area contributed by atoms with Crippen LogP contribution in [0.4, 0.5) is 0 Å². The first-order chi connectivity index (χ1) is 8.63. The molecule has 0 aliphatic carbocycles. The smallest absolute Gasteiger partial charge is 0.307 e. The van der Waals surface area contributed by atoms with Crippen molar-refractivity contribution in [3.8, 4) is 6.07 Å². The summed E-state index contributed by atoms with van der Waals surface area (Å²) in [6, 6.07) is 12.1. The number of nitriles is 1. The first kappa shape index (κ1) is 14.2.